The predicted molar refractivity (Wildman–Crippen MR) is 91.5 cm³/mol. The SMILES string of the molecule is CCCCCCC(N)c1ccc2[nH]c3ccccc3c2c1. The third-order valence-corrected chi connectivity index (χ3v) is 4.33. The molecule has 3 rings (SSSR count). The lowest BCUT2D eigenvalue weighted by molar-refractivity contribution is 0.566. The second-order valence-corrected chi connectivity index (χ2v) is 5.93. The summed E-state index contributed by atoms with van der Waals surface area (Å²) >= 11 is 0. The van der Waals surface area contributed by atoms with E-state index in [1.54, 1.807) is 0 Å². The van der Waals surface area contributed by atoms with Gasteiger partial charge >= 0.3 is 0 Å². The summed E-state index contributed by atoms with van der Waals surface area (Å²) in [5, 5.41) is 2.57. The molecule has 21 heavy (non-hydrogen) atoms. The van der Waals surface area contributed by atoms with Crippen LogP contribution in [-0.2, 0) is 0 Å². The minimum absolute atomic E-state index is 0.153. The van der Waals surface area contributed by atoms with Crippen LogP contribution in [0.1, 0.15) is 50.6 Å². The number of rotatable bonds is 6. The Balaban J connectivity index is 1.84. The molecule has 3 N–H and O–H groups in total. The summed E-state index contributed by atoms with van der Waals surface area (Å²) in [5.41, 5.74) is 10.0. The normalized spacial score (nSPS) is 13.0. The van der Waals surface area contributed by atoms with Gasteiger partial charge in [0.1, 0.15) is 0 Å². The van der Waals surface area contributed by atoms with Gasteiger partial charge in [0.2, 0.25) is 0 Å². The first-order valence-electron chi connectivity index (χ1n) is 8.05. The number of H-pyrrole nitrogens is 1. The van der Waals surface area contributed by atoms with E-state index in [1.165, 1.54) is 53.1 Å². The van der Waals surface area contributed by atoms with Crippen molar-refractivity contribution in [2.24, 2.45) is 5.73 Å². The first kappa shape index (κ1) is 14.2. The molecule has 0 saturated heterocycles. The standard InChI is InChI=1S/C19H24N2/c1-2-3-4-5-9-17(20)14-11-12-19-16(13-14)15-8-6-7-10-18(15)21-19/h6-8,10-13,17,21H,2-5,9,20H2,1H3. The van der Waals surface area contributed by atoms with Crippen LogP contribution in [0.15, 0.2) is 42.5 Å². The fourth-order valence-corrected chi connectivity index (χ4v) is 3.05. The van der Waals surface area contributed by atoms with Crippen molar-refractivity contribution in [2.75, 3.05) is 0 Å². The lowest BCUT2D eigenvalue weighted by atomic mass is 9.99. The highest BCUT2D eigenvalue weighted by atomic mass is 14.7. The lowest BCUT2D eigenvalue weighted by Crippen LogP contribution is -2.09. The third-order valence-electron chi connectivity index (χ3n) is 4.33. The van der Waals surface area contributed by atoms with Gasteiger partial charge in [-0.3, -0.25) is 0 Å². The molecule has 1 unspecified atom stereocenters. The first-order chi connectivity index (χ1) is 10.3. The number of nitrogens with two attached hydrogens (primary N) is 1. The molecule has 1 aromatic heterocycles. The molecule has 1 atom stereocenters. The van der Waals surface area contributed by atoms with Crippen LogP contribution >= 0.6 is 0 Å². The van der Waals surface area contributed by atoms with Crippen molar-refractivity contribution >= 4 is 21.8 Å². The summed E-state index contributed by atoms with van der Waals surface area (Å²) in [4.78, 5) is 3.46. The van der Waals surface area contributed by atoms with Crippen LogP contribution in [0.4, 0.5) is 0 Å². The van der Waals surface area contributed by atoms with E-state index < -0.39 is 0 Å². The van der Waals surface area contributed by atoms with E-state index in [0.717, 1.165) is 6.42 Å². The number of hydrogen-bond acceptors (Lipinski definition) is 1. The van der Waals surface area contributed by atoms with Crippen molar-refractivity contribution < 1.29 is 0 Å². The number of unbranched alkanes of at least 4 members (excludes halogenated alkanes) is 3. The van der Waals surface area contributed by atoms with Gasteiger partial charge < -0.3 is 10.7 Å². The van der Waals surface area contributed by atoms with E-state index in [9.17, 15) is 0 Å². The Hall–Kier alpha value is -1.80. The van der Waals surface area contributed by atoms with Gasteiger partial charge in [-0.2, -0.15) is 0 Å². The van der Waals surface area contributed by atoms with Gasteiger partial charge in [-0.15, -0.1) is 0 Å². The fraction of sp³-hybridized carbons (Fsp3) is 0.368. The molecule has 0 saturated carbocycles. The van der Waals surface area contributed by atoms with Gasteiger partial charge in [0.15, 0.2) is 0 Å². The average Bonchev–Trinajstić information content (AvgIpc) is 2.89. The van der Waals surface area contributed by atoms with Gasteiger partial charge in [-0.1, -0.05) is 56.9 Å². The van der Waals surface area contributed by atoms with E-state index in [4.69, 9.17) is 5.73 Å². The van der Waals surface area contributed by atoms with E-state index in [1.807, 2.05) is 0 Å². The summed E-state index contributed by atoms with van der Waals surface area (Å²) in [6, 6.07) is 15.2. The Morgan fingerprint density at radius 3 is 2.62 bits per heavy atom. The quantitative estimate of drug-likeness (QED) is 0.592. The minimum atomic E-state index is 0.153. The second-order valence-electron chi connectivity index (χ2n) is 5.93. The highest BCUT2D eigenvalue weighted by molar-refractivity contribution is 6.07. The van der Waals surface area contributed by atoms with Crippen LogP contribution in [0.5, 0.6) is 0 Å². The number of benzene rings is 2. The van der Waals surface area contributed by atoms with Crippen LogP contribution in [-0.4, -0.2) is 4.98 Å². The molecule has 110 valence electrons. The van der Waals surface area contributed by atoms with Crippen molar-refractivity contribution in [3.05, 3.63) is 48.0 Å². The van der Waals surface area contributed by atoms with Crippen LogP contribution < -0.4 is 5.73 Å². The van der Waals surface area contributed by atoms with Gasteiger partial charge in [0, 0.05) is 27.8 Å². The molecule has 1 heterocycles. The average molecular weight is 280 g/mol. The van der Waals surface area contributed by atoms with E-state index in [0.29, 0.717) is 0 Å². The number of para-hydroxylation sites is 1. The number of hydrogen-bond donors (Lipinski definition) is 2. The zero-order valence-electron chi connectivity index (χ0n) is 12.7. The number of nitrogens with one attached hydrogen (secondary N) is 1. The summed E-state index contributed by atoms with van der Waals surface area (Å²) in [6.45, 7) is 2.24. The van der Waals surface area contributed by atoms with Gasteiger partial charge in [-0.05, 0) is 30.2 Å². The van der Waals surface area contributed by atoms with Crippen molar-refractivity contribution in [1.82, 2.24) is 4.98 Å². The number of aromatic nitrogens is 1. The number of fused-ring (bicyclic) bond motifs is 3. The fourth-order valence-electron chi connectivity index (χ4n) is 3.05. The zero-order valence-corrected chi connectivity index (χ0v) is 12.7. The Morgan fingerprint density at radius 1 is 0.952 bits per heavy atom. The maximum atomic E-state index is 6.37. The molecule has 2 heteroatoms. The number of aromatic amines is 1. The van der Waals surface area contributed by atoms with Gasteiger partial charge in [-0.25, -0.2) is 0 Å². The summed E-state index contributed by atoms with van der Waals surface area (Å²) < 4.78 is 0. The maximum Gasteiger partial charge on any atom is 0.0465 e. The first-order valence-corrected chi connectivity index (χ1v) is 8.05. The van der Waals surface area contributed by atoms with E-state index in [2.05, 4.69) is 54.4 Å². The molecule has 3 aromatic rings. The molecule has 2 aromatic carbocycles. The highest BCUT2D eigenvalue weighted by Gasteiger charge is 2.09. The molecular formula is C19H24N2. The summed E-state index contributed by atoms with van der Waals surface area (Å²) in [6.07, 6.45) is 6.18. The Labute approximate surface area is 126 Å². The maximum absolute atomic E-state index is 6.37. The van der Waals surface area contributed by atoms with Crippen LogP contribution in [0.25, 0.3) is 21.8 Å². The molecule has 2 nitrogen and oxygen atoms in total. The van der Waals surface area contributed by atoms with Crippen molar-refractivity contribution in [3.8, 4) is 0 Å². The minimum Gasteiger partial charge on any atom is -0.355 e. The molecule has 0 amide bonds. The lowest BCUT2D eigenvalue weighted by Gasteiger charge is -2.12. The highest BCUT2D eigenvalue weighted by Crippen LogP contribution is 2.28. The van der Waals surface area contributed by atoms with Crippen molar-refractivity contribution in [2.45, 2.75) is 45.1 Å². The van der Waals surface area contributed by atoms with E-state index >= 15 is 0 Å². The molecule has 0 spiro atoms. The molecule has 0 bridgehead atoms. The van der Waals surface area contributed by atoms with Gasteiger partial charge in [0.05, 0.1) is 0 Å². The van der Waals surface area contributed by atoms with Crippen molar-refractivity contribution in [1.29, 1.82) is 0 Å². The smallest absolute Gasteiger partial charge is 0.0465 e. The predicted octanol–water partition coefficient (Wildman–Crippen LogP) is 5.29. The van der Waals surface area contributed by atoms with Crippen LogP contribution in [0.2, 0.25) is 0 Å². The van der Waals surface area contributed by atoms with Gasteiger partial charge in [0.25, 0.3) is 0 Å². The zero-order chi connectivity index (χ0) is 14.7. The second kappa shape index (κ2) is 6.31. The summed E-state index contributed by atoms with van der Waals surface area (Å²) in [5.74, 6) is 0. The molecule has 0 aliphatic heterocycles. The Kier molecular flexibility index (Phi) is 4.26. The summed E-state index contributed by atoms with van der Waals surface area (Å²) in [7, 11) is 0. The monoisotopic (exact) mass is 280 g/mol. The van der Waals surface area contributed by atoms with Crippen LogP contribution in [0.3, 0.4) is 0 Å². The van der Waals surface area contributed by atoms with Crippen LogP contribution in [0, 0.1) is 0 Å². The molecular weight excluding hydrogens is 256 g/mol. The topological polar surface area (TPSA) is 41.8 Å². The Bertz CT molecular complexity index is 727. The molecule has 0 aliphatic carbocycles. The third kappa shape index (κ3) is 2.96. The molecule has 0 radical (unpaired) electrons. The Morgan fingerprint density at radius 2 is 1.76 bits per heavy atom. The molecule has 0 aliphatic rings. The van der Waals surface area contributed by atoms with E-state index in [-0.39, 0.29) is 6.04 Å². The molecule has 0 fully saturated rings. The van der Waals surface area contributed by atoms with Crippen molar-refractivity contribution in [3.63, 3.8) is 0 Å². The largest absolute Gasteiger partial charge is 0.355 e.